The topological polar surface area (TPSA) is 89.1 Å². The van der Waals surface area contributed by atoms with Crippen molar-refractivity contribution in [1.82, 2.24) is 15.2 Å². The molecule has 2 heterocycles. The second-order valence-corrected chi connectivity index (χ2v) is 6.92. The summed E-state index contributed by atoms with van der Waals surface area (Å²) in [5, 5.41) is 10.6. The monoisotopic (exact) mass is 358 g/mol. The van der Waals surface area contributed by atoms with Crippen molar-refractivity contribution >= 4 is 32.6 Å². The minimum Gasteiger partial charge on any atom is -0.493 e. The van der Waals surface area contributed by atoms with Gasteiger partial charge in [0.2, 0.25) is 0 Å². The van der Waals surface area contributed by atoms with E-state index in [0.29, 0.717) is 22.3 Å². The maximum atomic E-state index is 12.6. The summed E-state index contributed by atoms with van der Waals surface area (Å²) >= 11 is 1.39. The van der Waals surface area contributed by atoms with Crippen LogP contribution in [0.1, 0.15) is 34.6 Å². The van der Waals surface area contributed by atoms with E-state index in [1.54, 1.807) is 20.3 Å². The summed E-state index contributed by atoms with van der Waals surface area (Å²) in [7, 11) is 3.17. The number of ether oxygens (including phenoxy) is 2. The summed E-state index contributed by atoms with van der Waals surface area (Å²) in [5.41, 5.74) is 3.34. The van der Waals surface area contributed by atoms with Crippen molar-refractivity contribution in [2.45, 2.75) is 25.7 Å². The lowest BCUT2D eigenvalue weighted by molar-refractivity contribution is 0.102. The van der Waals surface area contributed by atoms with Gasteiger partial charge in [-0.1, -0.05) is 11.3 Å². The van der Waals surface area contributed by atoms with Gasteiger partial charge in [-0.25, -0.2) is 4.98 Å². The maximum Gasteiger partial charge on any atom is 0.278 e. The summed E-state index contributed by atoms with van der Waals surface area (Å²) in [6, 6.07) is 3.66. The van der Waals surface area contributed by atoms with Gasteiger partial charge in [-0.15, -0.1) is 0 Å². The van der Waals surface area contributed by atoms with E-state index in [0.717, 1.165) is 47.2 Å². The van der Waals surface area contributed by atoms with E-state index in [4.69, 9.17) is 9.47 Å². The first-order valence-electron chi connectivity index (χ1n) is 8.09. The number of fused-ring (bicyclic) bond motifs is 2. The molecule has 130 valence electrons. The molecule has 0 saturated carbocycles. The number of aromatic amines is 1. The van der Waals surface area contributed by atoms with E-state index in [2.05, 4.69) is 20.5 Å². The molecule has 2 N–H and O–H groups in total. The summed E-state index contributed by atoms with van der Waals surface area (Å²) in [5.74, 6) is 1.02. The van der Waals surface area contributed by atoms with Crippen LogP contribution in [0.5, 0.6) is 11.5 Å². The van der Waals surface area contributed by atoms with E-state index in [1.165, 1.54) is 11.3 Å². The molecule has 1 aliphatic carbocycles. The molecule has 25 heavy (non-hydrogen) atoms. The van der Waals surface area contributed by atoms with Crippen molar-refractivity contribution in [2.75, 3.05) is 19.5 Å². The van der Waals surface area contributed by atoms with E-state index in [1.807, 2.05) is 6.07 Å². The number of aromatic nitrogens is 3. The fraction of sp³-hybridized carbons (Fsp3) is 0.353. The zero-order chi connectivity index (χ0) is 17.4. The van der Waals surface area contributed by atoms with Crippen LogP contribution in [-0.2, 0) is 12.8 Å². The number of hydrogen-bond donors (Lipinski definition) is 2. The average Bonchev–Trinajstić information content (AvgIpc) is 3.23. The quantitative estimate of drug-likeness (QED) is 0.748. The maximum absolute atomic E-state index is 12.6. The Morgan fingerprint density at radius 2 is 1.96 bits per heavy atom. The van der Waals surface area contributed by atoms with Crippen LogP contribution in [0.2, 0.25) is 0 Å². The van der Waals surface area contributed by atoms with Crippen LogP contribution in [0.15, 0.2) is 12.1 Å². The van der Waals surface area contributed by atoms with Crippen molar-refractivity contribution in [2.24, 2.45) is 0 Å². The van der Waals surface area contributed by atoms with Crippen molar-refractivity contribution in [3.8, 4) is 11.5 Å². The lowest BCUT2D eigenvalue weighted by Crippen LogP contribution is -2.15. The number of rotatable bonds is 4. The SMILES string of the molecule is COc1cc2nc(NC(=O)c3n[nH]c4c3CCCC4)sc2cc1OC. The summed E-state index contributed by atoms with van der Waals surface area (Å²) < 4.78 is 11.5. The average molecular weight is 358 g/mol. The second-order valence-electron chi connectivity index (χ2n) is 5.88. The first-order valence-corrected chi connectivity index (χ1v) is 8.91. The Morgan fingerprint density at radius 1 is 1.20 bits per heavy atom. The van der Waals surface area contributed by atoms with Crippen LogP contribution in [0.25, 0.3) is 10.2 Å². The van der Waals surface area contributed by atoms with Crippen LogP contribution in [-0.4, -0.2) is 35.3 Å². The number of amides is 1. The molecule has 0 atom stereocenters. The zero-order valence-corrected chi connectivity index (χ0v) is 14.8. The van der Waals surface area contributed by atoms with Gasteiger partial charge in [-0.05, 0) is 25.7 Å². The molecule has 8 heteroatoms. The van der Waals surface area contributed by atoms with Gasteiger partial charge in [0.15, 0.2) is 22.3 Å². The van der Waals surface area contributed by atoms with Gasteiger partial charge in [-0.2, -0.15) is 5.10 Å². The Balaban J connectivity index is 1.62. The number of carbonyl (C=O) groups excluding carboxylic acids is 1. The molecule has 0 bridgehead atoms. The van der Waals surface area contributed by atoms with Gasteiger partial charge in [0, 0.05) is 23.4 Å². The molecule has 3 aromatic rings. The summed E-state index contributed by atoms with van der Waals surface area (Å²) in [6.45, 7) is 0. The molecule has 0 saturated heterocycles. The molecule has 0 spiro atoms. The predicted molar refractivity (Wildman–Crippen MR) is 95.9 cm³/mol. The first kappa shape index (κ1) is 15.9. The van der Waals surface area contributed by atoms with Crippen LogP contribution >= 0.6 is 11.3 Å². The number of carbonyl (C=O) groups is 1. The normalized spacial score (nSPS) is 13.5. The number of nitrogens with zero attached hydrogens (tertiary/aromatic N) is 2. The van der Waals surface area contributed by atoms with E-state index in [9.17, 15) is 4.79 Å². The summed E-state index contributed by atoms with van der Waals surface area (Å²) in [6.07, 6.45) is 4.07. The van der Waals surface area contributed by atoms with Crippen molar-refractivity contribution in [1.29, 1.82) is 0 Å². The van der Waals surface area contributed by atoms with Gasteiger partial charge in [0.1, 0.15) is 0 Å². The van der Waals surface area contributed by atoms with Gasteiger partial charge in [0.05, 0.1) is 24.4 Å². The van der Waals surface area contributed by atoms with Gasteiger partial charge in [0.25, 0.3) is 5.91 Å². The Hall–Kier alpha value is -2.61. The van der Waals surface area contributed by atoms with E-state index in [-0.39, 0.29) is 5.91 Å². The van der Waals surface area contributed by atoms with E-state index >= 15 is 0 Å². The number of benzene rings is 1. The molecular weight excluding hydrogens is 340 g/mol. The Morgan fingerprint density at radius 3 is 2.76 bits per heavy atom. The van der Waals surface area contributed by atoms with Crippen molar-refractivity contribution in [3.63, 3.8) is 0 Å². The molecule has 0 aliphatic heterocycles. The Kier molecular flexibility index (Phi) is 4.04. The third-order valence-electron chi connectivity index (χ3n) is 4.39. The number of hydrogen-bond acceptors (Lipinski definition) is 6. The fourth-order valence-corrected chi connectivity index (χ4v) is 4.00. The lowest BCUT2D eigenvalue weighted by Gasteiger charge is -2.10. The smallest absolute Gasteiger partial charge is 0.278 e. The molecule has 1 aliphatic rings. The number of methoxy groups -OCH3 is 2. The molecule has 7 nitrogen and oxygen atoms in total. The third-order valence-corrected chi connectivity index (χ3v) is 5.32. The van der Waals surface area contributed by atoms with Crippen molar-refractivity contribution in [3.05, 3.63) is 29.1 Å². The molecule has 0 radical (unpaired) electrons. The van der Waals surface area contributed by atoms with Crippen LogP contribution in [0.3, 0.4) is 0 Å². The van der Waals surface area contributed by atoms with E-state index < -0.39 is 0 Å². The Bertz CT molecular complexity index is 906. The number of aryl methyl sites for hydroxylation is 1. The number of thiazole rings is 1. The molecule has 0 unspecified atom stereocenters. The molecule has 4 rings (SSSR count). The fourth-order valence-electron chi connectivity index (χ4n) is 3.13. The highest BCUT2D eigenvalue weighted by atomic mass is 32.1. The summed E-state index contributed by atoms with van der Waals surface area (Å²) in [4.78, 5) is 17.1. The van der Waals surface area contributed by atoms with Crippen LogP contribution in [0.4, 0.5) is 5.13 Å². The molecule has 0 fully saturated rings. The standard InChI is InChI=1S/C17H18N4O3S/c1-23-12-7-11-14(8-13(12)24-2)25-17(18-11)19-16(22)15-9-5-3-4-6-10(9)20-21-15/h7-8H,3-6H2,1-2H3,(H,20,21)(H,18,19,22). The number of H-pyrrole nitrogens is 1. The predicted octanol–water partition coefficient (Wildman–Crippen LogP) is 3.17. The largest absolute Gasteiger partial charge is 0.493 e. The van der Waals surface area contributed by atoms with Gasteiger partial charge in [-0.3, -0.25) is 15.2 Å². The zero-order valence-electron chi connectivity index (χ0n) is 14.0. The highest BCUT2D eigenvalue weighted by molar-refractivity contribution is 7.22. The lowest BCUT2D eigenvalue weighted by atomic mass is 9.96. The first-order chi connectivity index (χ1) is 12.2. The van der Waals surface area contributed by atoms with Crippen molar-refractivity contribution < 1.29 is 14.3 Å². The molecule has 1 aromatic carbocycles. The highest BCUT2D eigenvalue weighted by Gasteiger charge is 2.22. The number of nitrogens with one attached hydrogen (secondary N) is 2. The molecule has 2 aromatic heterocycles. The van der Waals surface area contributed by atoms with Crippen LogP contribution < -0.4 is 14.8 Å². The minimum absolute atomic E-state index is 0.225. The highest BCUT2D eigenvalue weighted by Crippen LogP contribution is 2.36. The molecule has 1 amide bonds. The number of anilines is 1. The second kappa shape index (κ2) is 6.36. The third kappa shape index (κ3) is 2.82. The van der Waals surface area contributed by atoms with Gasteiger partial charge < -0.3 is 9.47 Å². The van der Waals surface area contributed by atoms with Gasteiger partial charge >= 0.3 is 0 Å². The minimum atomic E-state index is -0.225. The molecular formula is C17H18N4O3S. The Labute approximate surface area is 148 Å². The van der Waals surface area contributed by atoms with Crippen LogP contribution in [0, 0.1) is 0 Å².